The maximum absolute atomic E-state index is 12.9. The van der Waals surface area contributed by atoms with Crippen LogP contribution in [0.1, 0.15) is 5.56 Å². The van der Waals surface area contributed by atoms with Gasteiger partial charge in [-0.2, -0.15) is 0 Å². The third-order valence-corrected chi connectivity index (χ3v) is 2.04. The summed E-state index contributed by atoms with van der Waals surface area (Å²) in [5, 5.41) is 0. The highest BCUT2D eigenvalue weighted by Crippen LogP contribution is 2.25. The Morgan fingerprint density at radius 3 is 2.19 bits per heavy atom. The van der Waals surface area contributed by atoms with Crippen LogP contribution in [0, 0.1) is 18.6 Å². The van der Waals surface area contributed by atoms with E-state index in [0.29, 0.717) is 11.3 Å². The molecular weight excluding hydrogens is 210 g/mol. The van der Waals surface area contributed by atoms with Crippen molar-refractivity contribution in [2.75, 3.05) is 0 Å². The summed E-state index contributed by atoms with van der Waals surface area (Å²) in [5.41, 5.74) is 0.659. The Labute approximate surface area is 92.3 Å². The first-order valence-corrected chi connectivity index (χ1v) is 4.70. The molecule has 1 nitrogen and oxygen atoms in total. The first kappa shape index (κ1) is 10.6. The minimum absolute atomic E-state index is 0.119. The van der Waals surface area contributed by atoms with Crippen molar-refractivity contribution in [1.82, 2.24) is 0 Å². The molecule has 0 heterocycles. The van der Waals surface area contributed by atoms with Gasteiger partial charge < -0.3 is 4.74 Å². The predicted octanol–water partition coefficient (Wildman–Crippen LogP) is 3.94. The summed E-state index contributed by atoms with van der Waals surface area (Å²) >= 11 is 0. The number of para-hydroxylation sites is 1. The smallest absolute Gasteiger partial charge is 0.133 e. The largest absolute Gasteiger partial charge is 0.457 e. The molecule has 0 bridgehead atoms. The highest BCUT2D eigenvalue weighted by atomic mass is 19.1. The molecule has 0 spiro atoms. The number of halogens is 2. The third kappa shape index (κ3) is 2.37. The standard InChI is InChI=1S/C13H9F2O/c1-9-4-2-3-5-13(9)16-12-7-10(14)6-11(15)8-12/h2-8H,1H2. The summed E-state index contributed by atoms with van der Waals surface area (Å²) in [6.45, 7) is 3.75. The quantitative estimate of drug-likeness (QED) is 0.743. The average Bonchev–Trinajstić information content (AvgIpc) is 2.20. The van der Waals surface area contributed by atoms with E-state index in [-0.39, 0.29) is 5.75 Å². The Morgan fingerprint density at radius 2 is 1.56 bits per heavy atom. The zero-order valence-electron chi connectivity index (χ0n) is 8.41. The molecule has 2 aromatic rings. The molecule has 0 N–H and O–H groups in total. The van der Waals surface area contributed by atoms with E-state index in [0.717, 1.165) is 18.2 Å². The highest BCUT2D eigenvalue weighted by Gasteiger charge is 2.04. The Morgan fingerprint density at radius 1 is 0.938 bits per heavy atom. The third-order valence-electron chi connectivity index (χ3n) is 2.04. The van der Waals surface area contributed by atoms with Crippen LogP contribution < -0.4 is 4.74 Å². The average molecular weight is 219 g/mol. The van der Waals surface area contributed by atoms with Gasteiger partial charge in [0.2, 0.25) is 0 Å². The van der Waals surface area contributed by atoms with Gasteiger partial charge >= 0.3 is 0 Å². The molecule has 0 unspecified atom stereocenters. The van der Waals surface area contributed by atoms with Crippen molar-refractivity contribution in [3.8, 4) is 11.5 Å². The van der Waals surface area contributed by atoms with Crippen molar-refractivity contribution in [2.24, 2.45) is 0 Å². The van der Waals surface area contributed by atoms with Crippen LogP contribution in [0.25, 0.3) is 0 Å². The molecule has 0 saturated heterocycles. The first-order chi connectivity index (χ1) is 7.65. The van der Waals surface area contributed by atoms with Crippen molar-refractivity contribution >= 4 is 0 Å². The molecule has 1 radical (unpaired) electrons. The fourth-order valence-electron chi connectivity index (χ4n) is 1.32. The van der Waals surface area contributed by atoms with Crippen LogP contribution in [0.4, 0.5) is 8.78 Å². The Bertz CT molecular complexity index is 489. The lowest BCUT2D eigenvalue weighted by molar-refractivity contribution is 0.466. The van der Waals surface area contributed by atoms with Gasteiger partial charge in [-0.1, -0.05) is 18.2 Å². The number of hydrogen-bond donors (Lipinski definition) is 0. The second-order valence-corrected chi connectivity index (χ2v) is 3.31. The second-order valence-electron chi connectivity index (χ2n) is 3.31. The minimum atomic E-state index is -0.670. The molecular formula is C13H9F2O. The lowest BCUT2D eigenvalue weighted by atomic mass is 10.2. The fraction of sp³-hybridized carbons (Fsp3) is 0. The van der Waals surface area contributed by atoms with E-state index >= 15 is 0 Å². The summed E-state index contributed by atoms with van der Waals surface area (Å²) in [6, 6.07) is 10.0. The van der Waals surface area contributed by atoms with E-state index in [4.69, 9.17) is 4.74 Å². The SMILES string of the molecule is [CH2]c1ccccc1Oc1cc(F)cc(F)c1. The number of rotatable bonds is 2. The molecule has 16 heavy (non-hydrogen) atoms. The second kappa shape index (κ2) is 4.31. The maximum Gasteiger partial charge on any atom is 0.133 e. The predicted molar refractivity (Wildman–Crippen MR) is 57.3 cm³/mol. The van der Waals surface area contributed by atoms with E-state index in [2.05, 4.69) is 6.92 Å². The van der Waals surface area contributed by atoms with Gasteiger partial charge in [-0.3, -0.25) is 0 Å². The lowest BCUT2D eigenvalue weighted by Crippen LogP contribution is -1.89. The van der Waals surface area contributed by atoms with Gasteiger partial charge in [0.25, 0.3) is 0 Å². The van der Waals surface area contributed by atoms with Gasteiger partial charge in [0.15, 0.2) is 0 Å². The van der Waals surface area contributed by atoms with Crippen LogP contribution in [0.3, 0.4) is 0 Å². The summed E-state index contributed by atoms with van der Waals surface area (Å²) < 4.78 is 31.1. The molecule has 0 atom stereocenters. The van der Waals surface area contributed by atoms with Crippen molar-refractivity contribution in [3.63, 3.8) is 0 Å². The Balaban J connectivity index is 2.30. The molecule has 0 aromatic heterocycles. The van der Waals surface area contributed by atoms with Crippen molar-refractivity contribution in [3.05, 3.63) is 66.6 Å². The molecule has 2 rings (SSSR count). The van der Waals surface area contributed by atoms with Gasteiger partial charge in [-0.25, -0.2) is 8.78 Å². The zero-order chi connectivity index (χ0) is 11.5. The summed E-state index contributed by atoms with van der Waals surface area (Å²) in [5.74, 6) is -0.741. The van der Waals surface area contributed by atoms with Crippen LogP contribution in [0.15, 0.2) is 42.5 Å². The van der Waals surface area contributed by atoms with E-state index in [9.17, 15) is 8.78 Å². The van der Waals surface area contributed by atoms with Gasteiger partial charge in [0.05, 0.1) is 0 Å². The first-order valence-electron chi connectivity index (χ1n) is 4.70. The van der Waals surface area contributed by atoms with Crippen molar-refractivity contribution in [2.45, 2.75) is 0 Å². The molecule has 0 aliphatic rings. The Hall–Kier alpha value is -1.90. The van der Waals surface area contributed by atoms with Crippen molar-refractivity contribution in [1.29, 1.82) is 0 Å². The topological polar surface area (TPSA) is 9.23 Å². The number of benzene rings is 2. The van der Waals surface area contributed by atoms with E-state index in [1.807, 2.05) is 0 Å². The molecule has 0 amide bonds. The van der Waals surface area contributed by atoms with Gasteiger partial charge in [0.1, 0.15) is 23.1 Å². The van der Waals surface area contributed by atoms with Crippen molar-refractivity contribution < 1.29 is 13.5 Å². The van der Waals surface area contributed by atoms with Gasteiger partial charge in [-0.15, -0.1) is 0 Å². The summed E-state index contributed by atoms with van der Waals surface area (Å²) in [7, 11) is 0. The van der Waals surface area contributed by atoms with Crippen LogP contribution >= 0.6 is 0 Å². The molecule has 3 heteroatoms. The monoisotopic (exact) mass is 219 g/mol. The van der Waals surface area contributed by atoms with Crippen LogP contribution in [-0.4, -0.2) is 0 Å². The van der Waals surface area contributed by atoms with Crippen LogP contribution in [0.2, 0.25) is 0 Å². The normalized spacial score (nSPS) is 10.2. The Kier molecular flexibility index (Phi) is 2.86. The fourth-order valence-corrected chi connectivity index (χ4v) is 1.32. The van der Waals surface area contributed by atoms with E-state index in [1.165, 1.54) is 0 Å². The molecule has 0 aliphatic heterocycles. The molecule has 2 aromatic carbocycles. The van der Waals surface area contributed by atoms with Gasteiger partial charge in [0, 0.05) is 18.2 Å². The minimum Gasteiger partial charge on any atom is -0.457 e. The van der Waals surface area contributed by atoms with E-state index in [1.54, 1.807) is 24.3 Å². The van der Waals surface area contributed by atoms with Crippen LogP contribution in [-0.2, 0) is 0 Å². The summed E-state index contributed by atoms with van der Waals surface area (Å²) in [6.07, 6.45) is 0. The van der Waals surface area contributed by atoms with Crippen LogP contribution in [0.5, 0.6) is 11.5 Å². The lowest BCUT2D eigenvalue weighted by Gasteiger charge is -2.08. The van der Waals surface area contributed by atoms with Gasteiger partial charge in [-0.05, 0) is 18.6 Å². The molecule has 0 aliphatic carbocycles. The summed E-state index contributed by atoms with van der Waals surface area (Å²) in [4.78, 5) is 0. The highest BCUT2D eigenvalue weighted by molar-refractivity contribution is 5.39. The number of hydrogen-bond acceptors (Lipinski definition) is 1. The van der Waals surface area contributed by atoms with E-state index < -0.39 is 11.6 Å². The zero-order valence-corrected chi connectivity index (χ0v) is 8.41. The molecule has 81 valence electrons. The maximum atomic E-state index is 12.9. The molecule has 0 fully saturated rings. The molecule has 0 saturated carbocycles. The number of ether oxygens (including phenoxy) is 1.